The number of hydrogen-bond donors (Lipinski definition) is 3. The van der Waals surface area contributed by atoms with Crippen LogP contribution >= 0.6 is 0 Å². The molecule has 4 heteroatoms. The summed E-state index contributed by atoms with van der Waals surface area (Å²) in [6.07, 6.45) is 11.7. The van der Waals surface area contributed by atoms with Crippen LogP contribution in [-0.4, -0.2) is 18.1 Å². The average Bonchev–Trinajstić information content (AvgIpc) is 2.39. The minimum absolute atomic E-state index is 0.853. The molecule has 1 fully saturated rings. The Kier molecular flexibility index (Phi) is 6.40. The van der Waals surface area contributed by atoms with Gasteiger partial charge in [-0.2, -0.15) is 0 Å². The lowest BCUT2D eigenvalue weighted by atomic mass is 10.0. The Hall–Kier alpha value is -2.20. The first-order valence-electron chi connectivity index (χ1n) is 6.64. The van der Waals surface area contributed by atoms with Crippen LogP contribution in [0, 0.1) is 0 Å². The highest BCUT2D eigenvalue weighted by atomic mass is 15.5. The smallest absolute Gasteiger partial charge is 0.0556 e. The molecule has 108 valence electrons. The third-order valence-corrected chi connectivity index (χ3v) is 3.08. The third-order valence-electron chi connectivity index (χ3n) is 3.08. The monoisotopic (exact) mass is 272 g/mol. The molecule has 0 amide bonds. The maximum Gasteiger partial charge on any atom is 0.0556 e. The largest absolute Gasteiger partial charge is 0.405 e. The molecule has 20 heavy (non-hydrogen) atoms. The summed E-state index contributed by atoms with van der Waals surface area (Å²) in [5.41, 5.74) is 18.0. The van der Waals surface area contributed by atoms with Crippen molar-refractivity contribution < 1.29 is 0 Å². The number of hydrogen-bond acceptors (Lipinski definition) is 4. The number of nitrogens with two attached hydrogens (primary N) is 2. The van der Waals surface area contributed by atoms with Crippen LogP contribution in [0.5, 0.6) is 0 Å². The molecule has 4 nitrogen and oxygen atoms in total. The molecule has 1 heterocycles. The molecule has 5 N–H and O–H groups in total. The lowest BCUT2D eigenvalue weighted by molar-refractivity contribution is 0.129. The van der Waals surface area contributed by atoms with Crippen molar-refractivity contribution in [3.8, 4) is 0 Å². The molecule has 0 saturated carbocycles. The highest BCUT2D eigenvalue weighted by Crippen LogP contribution is 2.17. The first-order valence-corrected chi connectivity index (χ1v) is 6.64. The van der Waals surface area contributed by atoms with E-state index in [-0.39, 0.29) is 0 Å². The quantitative estimate of drug-likeness (QED) is 0.621. The summed E-state index contributed by atoms with van der Waals surface area (Å²) < 4.78 is 0. The summed E-state index contributed by atoms with van der Waals surface area (Å²) in [6, 6.07) is 0. The standard InChI is InChI=1S/C16H24N4/c1-4-6-16(19-20-9-5-10-20)13(2)11-15(7-8-17)14(3)12-18/h4,6-8,11-12,19H,1-2,5,9-10,17-18H2,3H3/b8-7-,14-12+,15-11+,16-6-. The van der Waals surface area contributed by atoms with Crippen LogP contribution in [0.4, 0.5) is 0 Å². The lowest BCUT2D eigenvalue weighted by Crippen LogP contribution is -2.47. The van der Waals surface area contributed by atoms with Crippen molar-refractivity contribution in [2.75, 3.05) is 13.1 Å². The van der Waals surface area contributed by atoms with Crippen LogP contribution in [-0.2, 0) is 0 Å². The fourth-order valence-electron chi connectivity index (χ4n) is 1.69. The molecule has 0 aromatic rings. The van der Waals surface area contributed by atoms with E-state index in [1.165, 1.54) is 12.6 Å². The fraction of sp³-hybridized carbons (Fsp3) is 0.250. The topological polar surface area (TPSA) is 67.3 Å². The maximum atomic E-state index is 5.56. The van der Waals surface area contributed by atoms with Gasteiger partial charge in [-0.25, -0.2) is 5.01 Å². The Balaban J connectivity index is 2.92. The van der Waals surface area contributed by atoms with E-state index in [1.54, 1.807) is 18.4 Å². The summed E-state index contributed by atoms with van der Waals surface area (Å²) in [7, 11) is 0. The van der Waals surface area contributed by atoms with Gasteiger partial charge in [-0.3, -0.25) is 0 Å². The van der Waals surface area contributed by atoms with Gasteiger partial charge < -0.3 is 16.9 Å². The molecular formula is C16H24N4. The minimum atomic E-state index is 0.853. The van der Waals surface area contributed by atoms with Gasteiger partial charge in [0.1, 0.15) is 0 Å². The number of rotatable bonds is 7. The molecule has 0 aromatic heterocycles. The van der Waals surface area contributed by atoms with Gasteiger partial charge in [0.15, 0.2) is 0 Å². The number of nitrogens with zero attached hydrogens (tertiary/aromatic N) is 1. The Morgan fingerprint density at radius 2 is 2.00 bits per heavy atom. The second-order valence-corrected chi connectivity index (χ2v) is 4.60. The molecule has 1 aliphatic rings. The summed E-state index contributed by atoms with van der Waals surface area (Å²) >= 11 is 0. The van der Waals surface area contributed by atoms with Crippen molar-refractivity contribution in [1.82, 2.24) is 10.4 Å². The molecule has 1 aliphatic heterocycles. The lowest BCUT2D eigenvalue weighted by Gasteiger charge is -2.33. The van der Waals surface area contributed by atoms with Gasteiger partial charge in [-0.1, -0.05) is 19.2 Å². The minimum Gasteiger partial charge on any atom is -0.405 e. The van der Waals surface area contributed by atoms with Crippen molar-refractivity contribution >= 4 is 0 Å². The van der Waals surface area contributed by atoms with E-state index in [9.17, 15) is 0 Å². The first kappa shape index (κ1) is 15.9. The van der Waals surface area contributed by atoms with E-state index in [0.29, 0.717) is 0 Å². The van der Waals surface area contributed by atoms with Crippen molar-refractivity contribution in [3.05, 3.63) is 72.3 Å². The van der Waals surface area contributed by atoms with E-state index in [1.807, 2.05) is 19.1 Å². The van der Waals surface area contributed by atoms with Crippen LogP contribution in [0.25, 0.3) is 0 Å². The Labute approximate surface area is 121 Å². The van der Waals surface area contributed by atoms with E-state index in [2.05, 4.69) is 23.6 Å². The zero-order chi connectivity index (χ0) is 15.0. The van der Waals surface area contributed by atoms with Crippen LogP contribution in [0.3, 0.4) is 0 Å². The molecule has 0 aromatic carbocycles. The van der Waals surface area contributed by atoms with Crippen molar-refractivity contribution in [2.45, 2.75) is 13.3 Å². The highest BCUT2D eigenvalue weighted by Gasteiger charge is 2.14. The van der Waals surface area contributed by atoms with E-state index in [0.717, 1.165) is 35.5 Å². The van der Waals surface area contributed by atoms with E-state index < -0.39 is 0 Å². The summed E-state index contributed by atoms with van der Waals surface area (Å²) in [4.78, 5) is 0. The predicted molar refractivity (Wildman–Crippen MR) is 86.1 cm³/mol. The van der Waals surface area contributed by atoms with E-state index >= 15 is 0 Å². The Bertz CT molecular complexity index is 477. The van der Waals surface area contributed by atoms with Crippen LogP contribution in [0.1, 0.15) is 13.3 Å². The van der Waals surface area contributed by atoms with Gasteiger partial charge in [0.05, 0.1) is 5.70 Å². The van der Waals surface area contributed by atoms with Gasteiger partial charge >= 0.3 is 0 Å². The average molecular weight is 272 g/mol. The SMILES string of the molecule is C=C/C=C(\NN1CCC1)C(=C)/C=C(\C=C/N)C(/C)=C/N. The molecule has 0 aliphatic carbocycles. The first-order chi connectivity index (χ1) is 9.62. The number of allylic oxidation sites excluding steroid dienone is 6. The Morgan fingerprint density at radius 1 is 1.30 bits per heavy atom. The Morgan fingerprint density at radius 3 is 2.45 bits per heavy atom. The molecule has 0 radical (unpaired) electrons. The van der Waals surface area contributed by atoms with Gasteiger partial charge in [0.25, 0.3) is 0 Å². The van der Waals surface area contributed by atoms with Gasteiger partial charge in [-0.05, 0) is 60.7 Å². The summed E-state index contributed by atoms with van der Waals surface area (Å²) in [6.45, 7) is 11.9. The molecule has 1 rings (SSSR count). The second kappa shape index (κ2) is 8.07. The molecular weight excluding hydrogens is 248 g/mol. The zero-order valence-electron chi connectivity index (χ0n) is 12.1. The number of hydrazine groups is 1. The predicted octanol–water partition coefficient (Wildman–Crippen LogP) is 2.08. The normalized spacial score (nSPS) is 17.9. The van der Waals surface area contributed by atoms with Crippen molar-refractivity contribution in [2.24, 2.45) is 11.5 Å². The van der Waals surface area contributed by atoms with Gasteiger partial charge in [-0.15, -0.1) is 0 Å². The van der Waals surface area contributed by atoms with Crippen LogP contribution in [0.2, 0.25) is 0 Å². The van der Waals surface area contributed by atoms with Gasteiger partial charge in [0.2, 0.25) is 0 Å². The molecule has 0 spiro atoms. The van der Waals surface area contributed by atoms with Crippen LogP contribution < -0.4 is 16.9 Å². The molecule has 1 saturated heterocycles. The molecule has 0 unspecified atom stereocenters. The van der Waals surface area contributed by atoms with Gasteiger partial charge in [0, 0.05) is 13.1 Å². The summed E-state index contributed by atoms with van der Waals surface area (Å²) in [5, 5.41) is 2.14. The van der Waals surface area contributed by atoms with Crippen LogP contribution in [0.15, 0.2) is 72.3 Å². The fourth-order valence-corrected chi connectivity index (χ4v) is 1.69. The maximum absolute atomic E-state index is 5.56. The second-order valence-electron chi connectivity index (χ2n) is 4.60. The van der Waals surface area contributed by atoms with Crippen molar-refractivity contribution in [1.29, 1.82) is 0 Å². The van der Waals surface area contributed by atoms with Crippen molar-refractivity contribution in [3.63, 3.8) is 0 Å². The van der Waals surface area contributed by atoms with E-state index in [4.69, 9.17) is 11.5 Å². The molecule has 0 bridgehead atoms. The molecule has 0 atom stereocenters. The zero-order valence-corrected chi connectivity index (χ0v) is 12.1. The number of nitrogens with one attached hydrogen (secondary N) is 1. The highest BCUT2D eigenvalue weighted by molar-refractivity contribution is 5.48. The summed E-state index contributed by atoms with van der Waals surface area (Å²) in [5.74, 6) is 0. The third kappa shape index (κ3) is 4.48.